The molecule has 2 unspecified atom stereocenters. The van der Waals surface area contributed by atoms with Crippen LogP contribution in [0.2, 0.25) is 5.02 Å². The molecular weight excluding hydrogens is 321 g/mol. The number of benzene rings is 1. The average molecular weight is 336 g/mol. The SMILES string of the molecule is CC1CC1c1noc(C(=O)N2CCc3cc(F)cc(Cl)c3C2)n1. The van der Waals surface area contributed by atoms with Gasteiger partial charge in [-0.15, -0.1) is 0 Å². The van der Waals surface area contributed by atoms with Crippen molar-refractivity contribution in [3.63, 3.8) is 0 Å². The third-order valence-corrected chi connectivity index (χ3v) is 4.94. The number of halogens is 2. The summed E-state index contributed by atoms with van der Waals surface area (Å²) in [6.45, 7) is 2.92. The van der Waals surface area contributed by atoms with Crippen LogP contribution in [0.25, 0.3) is 0 Å². The zero-order valence-corrected chi connectivity index (χ0v) is 13.3. The van der Waals surface area contributed by atoms with Crippen LogP contribution in [0.1, 0.15) is 46.9 Å². The molecule has 1 aliphatic carbocycles. The Balaban J connectivity index is 1.54. The van der Waals surface area contributed by atoms with Crippen LogP contribution in [0, 0.1) is 11.7 Å². The van der Waals surface area contributed by atoms with E-state index in [-0.39, 0.29) is 17.6 Å². The second-order valence-electron chi connectivity index (χ2n) is 6.28. The van der Waals surface area contributed by atoms with E-state index in [0.29, 0.717) is 42.2 Å². The van der Waals surface area contributed by atoms with Crippen LogP contribution in [0.3, 0.4) is 0 Å². The zero-order valence-electron chi connectivity index (χ0n) is 12.6. The molecule has 0 radical (unpaired) electrons. The molecule has 0 bridgehead atoms. The predicted octanol–water partition coefficient (Wildman–Crippen LogP) is 3.18. The van der Waals surface area contributed by atoms with Gasteiger partial charge in [0.2, 0.25) is 0 Å². The van der Waals surface area contributed by atoms with E-state index in [1.54, 1.807) is 4.90 Å². The van der Waals surface area contributed by atoms with E-state index in [4.69, 9.17) is 16.1 Å². The van der Waals surface area contributed by atoms with Crippen molar-refractivity contribution < 1.29 is 13.7 Å². The lowest BCUT2D eigenvalue weighted by Gasteiger charge is -2.28. The van der Waals surface area contributed by atoms with Gasteiger partial charge in [-0.2, -0.15) is 4.98 Å². The maximum Gasteiger partial charge on any atom is 0.316 e. The third kappa shape index (κ3) is 2.61. The summed E-state index contributed by atoms with van der Waals surface area (Å²) in [7, 11) is 0. The normalized spacial score (nSPS) is 22.8. The molecule has 0 saturated heterocycles. The van der Waals surface area contributed by atoms with Crippen LogP contribution < -0.4 is 0 Å². The maximum atomic E-state index is 13.4. The van der Waals surface area contributed by atoms with E-state index in [1.807, 2.05) is 0 Å². The highest BCUT2D eigenvalue weighted by Gasteiger charge is 2.39. The van der Waals surface area contributed by atoms with Crippen molar-refractivity contribution in [2.75, 3.05) is 6.54 Å². The van der Waals surface area contributed by atoms with Gasteiger partial charge in [-0.1, -0.05) is 23.7 Å². The predicted molar refractivity (Wildman–Crippen MR) is 80.7 cm³/mol. The van der Waals surface area contributed by atoms with Crippen molar-refractivity contribution in [2.24, 2.45) is 5.92 Å². The fourth-order valence-electron chi connectivity index (χ4n) is 3.05. The Labute approximate surface area is 137 Å². The van der Waals surface area contributed by atoms with E-state index in [9.17, 15) is 9.18 Å². The van der Waals surface area contributed by atoms with E-state index >= 15 is 0 Å². The summed E-state index contributed by atoms with van der Waals surface area (Å²) in [6, 6.07) is 2.75. The van der Waals surface area contributed by atoms with E-state index in [0.717, 1.165) is 17.5 Å². The van der Waals surface area contributed by atoms with E-state index in [2.05, 4.69) is 17.1 Å². The lowest BCUT2D eigenvalue weighted by atomic mass is 9.99. The molecule has 4 rings (SSSR count). The fourth-order valence-corrected chi connectivity index (χ4v) is 3.33. The quantitative estimate of drug-likeness (QED) is 0.845. The molecule has 7 heteroatoms. The van der Waals surface area contributed by atoms with Crippen LogP contribution in [0.15, 0.2) is 16.7 Å². The van der Waals surface area contributed by atoms with Gasteiger partial charge in [0.25, 0.3) is 0 Å². The third-order valence-electron chi connectivity index (χ3n) is 4.61. The lowest BCUT2D eigenvalue weighted by molar-refractivity contribution is 0.0684. The molecular formula is C16H15ClFN3O2. The minimum atomic E-state index is -0.353. The zero-order chi connectivity index (χ0) is 16.1. The van der Waals surface area contributed by atoms with Crippen molar-refractivity contribution >= 4 is 17.5 Å². The number of fused-ring (bicyclic) bond motifs is 1. The summed E-state index contributed by atoms with van der Waals surface area (Å²) in [4.78, 5) is 18.4. The Morgan fingerprint density at radius 1 is 1.48 bits per heavy atom. The molecule has 2 aromatic rings. The second kappa shape index (κ2) is 5.30. The number of aromatic nitrogens is 2. The molecule has 5 nitrogen and oxygen atoms in total. The van der Waals surface area contributed by atoms with Gasteiger partial charge < -0.3 is 9.42 Å². The Morgan fingerprint density at radius 2 is 2.26 bits per heavy atom. The molecule has 120 valence electrons. The number of carbonyl (C=O) groups excluding carboxylic acids is 1. The molecule has 1 saturated carbocycles. The molecule has 0 N–H and O–H groups in total. The van der Waals surface area contributed by atoms with Crippen LogP contribution in [0.5, 0.6) is 0 Å². The van der Waals surface area contributed by atoms with Gasteiger partial charge >= 0.3 is 11.8 Å². The number of rotatable bonds is 2. The fraction of sp³-hybridized carbons (Fsp3) is 0.438. The minimum Gasteiger partial charge on any atom is -0.330 e. The molecule has 2 heterocycles. The summed E-state index contributed by atoms with van der Waals surface area (Å²) in [6.07, 6.45) is 1.59. The first kappa shape index (κ1) is 14.6. The summed E-state index contributed by atoms with van der Waals surface area (Å²) in [5, 5.41) is 4.25. The first-order valence-electron chi connectivity index (χ1n) is 7.62. The topological polar surface area (TPSA) is 59.2 Å². The highest BCUT2D eigenvalue weighted by atomic mass is 35.5. The minimum absolute atomic E-state index is 0.0146. The van der Waals surface area contributed by atoms with Crippen LogP contribution in [0.4, 0.5) is 4.39 Å². The number of amides is 1. The molecule has 1 aromatic carbocycles. The molecule has 1 aliphatic heterocycles. The molecule has 2 aliphatic rings. The summed E-state index contributed by atoms with van der Waals surface area (Å²) in [5.74, 6) is 0.821. The van der Waals surface area contributed by atoms with Crippen molar-refractivity contribution in [3.05, 3.63) is 45.8 Å². The van der Waals surface area contributed by atoms with Gasteiger partial charge in [0, 0.05) is 24.0 Å². The van der Waals surface area contributed by atoms with Crippen molar-refractivity contribution in [2.45, 2.75) is 32.2 Å². The number of carbonyl (C=O) groups is 1. The van der Waals surface area contributed by atoms with Gasteiger partial charge in [0.1, 0.15) is 5.82 Å². The largest absolute Gasteiger partial charge is 0.330 e. The summed E-state index contributed by atoms with van der Waals surface area (Å²) < 4.78 is 18.5. The lowest BCUT2D eigenvalue weighted by Crippen LogP contribution is -2.36. The second-order valence-corrected chi connectivity index (χ2v) is 6.69. The van der Waals surface area contributed by atoms with Gasteiger partial charge in [-0.25, -0.2) is 4.39 Å². The Bertz CT molecular complexity index is 792. The standard InChI is InChI=1S/C16H15ClFN3O2/c1-8-4-11(8)14-19-15(23-20-14)16(22)21-3-2-9-5-10(18)6-13(17)12(9)7-21/h5-6,8,11H,2-4,7H2,1H3. The molecule has 1 amide bonds. The maximum absolute atomic E-state index is 13.4. The van der Waals surface area contributed by atoms with Crippen LogP contribution >= 0.6 is 11.6 Å². The molecule has 23 heavy (non-hydrogen) atoms. The smallest absolute Gasteiger partial charge is 0.316 e. The first-order valence-corrected chi connectivity index (χ1v) is 8.00. The summed E-state index contributed by atoms with van der Waals surface area (Å²) >= 11 is 6.10. The summed E-state index contributed by atoms with van der Waals surface area (Å²) in [5.41, 5.74) is 1.63. The van der Waals surface area contributed by atoms with Crippen LogP contribution in [-0.4, -0.2) is 27.5 Å². The molecule has 2 atom stereocenters. The highest BCUT2D eigenvalue weighted by Crippen LogP contribution is 2.45. The van der Waals surface area contributed by atoms with Gasteiger partial charge in [0.15, 0.2) is 5.82 Å². The monoisotopic (exact) mass is 335 g/mol. The van der Waals surface area contributed by atoms with Crippen LogP contribution in [-0.2, 0) is 13.0 Å². The van der Waals surface area contributed by atoms with Crippen molar-refractivity contribution in [1.82, 2.24) is 15.0 Å². The first-order chi connectivity index (χ1) is 11.0. The number of nitrogens with zero attached hydrogens (tertiary/aromatic N) is 3. The molecule has 0 spiro atoms. The van der Waals surface area contributed by atoms with E-state index in [1.165, 1.54) is 12.1 Å². The van der Waals surface area contributed by atoms with Gasteiger partial charge in [0.05, 0.1) is 0 Å². The highest BCUT2D eigenvalue weighted by molar-refractivity contribution is 6.31. The molecule has 1 fully saturated rings. The van der Waals surface area contributed by atoms with Crippen molar-refractivity contribution in [3.8, 4) is 0 Å². The average Bonchev–Trinajstić information content (AvgIpc) is 3.06. The molecule has 1 aromatic heterocycles. The Hall–Kier alpha value is -1.95. The van der Waals surface area contributed by atoms with E-state index < -0.39 is 0 Å². The number of hydrogen-bond donors (Lipinski definition) is 0. The van der Waals surface area contributed by atoms with Gasteiger partial charge in [-0.05, 0) is 42.0 Å². The number of hydrogen-bond acceptors (Lipinski definition) is 4. The Kier molecular flexibility index (Phi) is 3.37. The van der Waals surface area contributed by atoms with Crippen molar-refractivity contribution in [1.29, 1.82) is 0 Å². The van der Waals surface area contributed by atoms with Gasteiger partial charge in [-0.3, -0.25) is 4.79 Å². The Morgan fingerprint density at radius 3 is 3.00 bits per heavy atom.